The summed E-state index contributed by atoms with van der Waals surface area (Å²) in [4.78, 5) is 0. The van der Waals surface area contributed by atoms with E-state index in [0.29, 0.717) is 0 Å². The highest BCUT2D eigenvalue weighted by atomic mass is 32.2. The molecule has 0 spiro atoms. The van der Waals surface area contributed by atoms with E-state index in [1.54, 1.807) is 0 Å². The monoisotopic (exact) mass is 405 g/mol. The Bertz CT molecular complexity index is 898. The van der Waals surface area contributed by atoms with Gasteiger partial charge in [-0.3, -0.25) is 0 Å². The lowest BCUT2D eigenvalue weighted by molar-refractivity contribution is -0.178. The van der Waals surface area contributed by atoms with Gasteiger partial charge in [0.05, 0.1) is 18.8 Å². The number of rotatable bonds is 3. The van der Waals surface area contributed by atoms with E-state index in [0.717, 1.165) is 31.7 Å². The van der Waals surface area contributed by atoms with Gasteiger partial charge in [0, 0.05) is 0 Å². The SMILES string of the molecule is CS(=O)(=O)N1C2OC3OC2N(S(C)(=O)=O)C2C1OC3N2S(C)(=O)=O. The average molecular weight is 405 g/mol. The molecule has 5 aliphatic rings. The maximum absolute atomic E-state index is 12.3. The topological polar surface area (TPSA) is 140 Å². The van der Waals surface area contributed by atoms with Gasteiger partial charge in [-0.05, 0) is 0 Å². The van der Waals surface area contributed by atoms with Crippen molar-refractivity contribution in [1.29, 1.82) is 0 Å². The van der Waals surface area contributed by atoms with Gasteiger partial charge in [0.1, 0.15) is 6.17 Å². The summed E-state index contributed by atoms with van der Waals surface area (Å²) in [5.74, 6) is 0. The maximum Gasteiger partial charge on any atom is 0.215 e. The average Bonchev–Trinajstić information content (AvgIpc) is 2.81. The first-order valence-electron chi connectivity index (χ1n) is 6.74. The Morgan fingerprint density at radius 1 is 0.583 bits per heavy atom. The molecule has 0 aliphatic carbocycles. The van der Waals surface area contributed by atoms with Crippen molar-refractivity contribution in [2.75, 3.05) is 18.8 Å². The van der Waals surface area contributed by atoms with Crippen LogP contribution in [0.5, 0.6) is 0 Å². The van der Waals surface area contributed by atoms with E-state index in [1.807, 2.05) is 0 Å². The first-order valence-corrected chi connectivity index (χ1v) is 12.3. The van der Waals surface area contributed by atoms with Crippen molar-refractivity contribution in [2.45, 2.75) is 37.4 Å². The molecule has 6 atom stereocenters. The van der Waals surface area contributed by atoms with Crippen LogP contribution < -0.4 is 0 Å². The number of hydrogen-bond acceptors (Lipinski definition) is 9. The fourth-order valence-corrected chi connectivity index (χ4v) is 6.93. The molecule has 5 saturated heterocycles. The molecule has 5 fully saturated rings. The quantitative estimate of drug-likeness (QED) is 0.475. The minimum absolute atomic E-state index is 0.789. The molecule has 138 valence electrons. The second-order valence-electron chi connectivity index (χ2n) is 6.03. The van der Waals surface area contributed by atoms with E-state index >= 15 is 0 Å². The van der Waals surface area contributed by atoms with Gasteiger partial charge in [0.2, 0.25) is 36.4 Å². The fraction of sp³-hybridized carbons (Fsp3) is 1.00. The Hall–Kier alpha value is -0.390. The van der Waals surface area contributed by atoms with Crippen molar-refractivity contribution in [1.82, 2.24) is 12.9 Å². The van der Waals surface area contributed by atoms with Crippen molar-refractivity contribution in [2.24, 2.45) is 0 Å². The highest BCUT2D eigenvalue weighted by molar-refractivity contribution is 7.89. The lowest BCUT2D eigenvalue weighted by atomic mass is 10.3. The van der Waals surface area contributed by atoms with E-state index < -0.39 is 67.4 Å². The van der Waals surface area contributed by atoms with Crippen LogP contribution in [0.4, 0.5) is 0 Å². The molecular formula is C9H15N3O9S3. The van der Waals surface area contributed by atoms with Crippen LogP contribution in [0.15, 0.2) is 0 Å². The van der Waals surface area contributed by atoms with Crippen molar-refractivity contribution in [3.05, 3.63) is 0 Å². The molecule has 0 aromatic rings. The fourth-order valence-electron chi connectivity index (χ4n) is 3.55. The summed E-state index contributed by atoms with van der Waals surface area (Å²) >= 11 is 0. The van der Waals surface area contributed by atoms with Crippen LogP contribution in [-0.4, -0.2) is 94.3 Å². The summed E-state index contributed by atoms with van der Waals surface area (Å²) in [5.41, 5.74) is 0. The second-order valence-corrected chi connectivity index (χ2v) is 11.7. The third-order valence-electron chi connectivity index (χ3n) is 4.23. The van der Waals surface area contributed by atoms with Crippen molar-refractivity contribution in [3.63, 3.8) is 0 Å². The van der Waals surface area contributed by atoms with E-state index in [9.17, 15) is 25.3 Å². The predicted molar refractivity (Wildman–Crippen MR) is 76.0 cm³/mol. The van der Waals surface area contributed by atoms with E-state index in [2.05, 4.69) is 0 Å². The van der Waals surface area contributed by atoms with Gasteiger partial charge in [-0.1, -0.05) is 0 Å². The smallest absolute Gasteiger partial charge is 0.215 e. The van der Waals surface area contributed by atoms with Crippen molar-refractivity contribution < 1.29 is 39.5 Å². The Morgan fingerprint density at radius 2 is 1.00 bits per heavy atom. The predicted octanol–water partition coefficient (Wildman–Crippen LogP) is -3.17. The lowest BCUT2D eigenvalue weighted by Crippen LogP contribution is -2.71. The van der Waals surface area contributed by atoms with Crippen LogP contribution >= 0.6 is 0 Å². The van der Waals surface area contributed by atoms with Crippen LogP contribution in [0.25, 0.3) is 0 Å². The molecule has 24 heavy (non-hydrogen) atoms. The van der Waals surface area contributed by atoms with Crippen LogP contribution in [-0.2, 0) is 44.3 Å². The highest BCUT2D eigenvalue weighted by Crippen LogP contribution is 2.49. The number of piperazine rings is 1. The molecule has 5 aliphatic heterocycles. The molecule has 0 aromatic carbocycles. The van der Waals surface area contributed by atoms with Gasteiger partial charge < -0.3 is 14.2 Å². The van der Waals surface area contributed by atoms with Gasteiger partial charge in [-0.2, -0.15) is 0 Å². The van der Waals surface area contributed by atoms with Gasteiger partial charge in [-0.15, -0.1) is 12.9 Å². The molecule has 5 rings (SSSR count). The lowest BCUT2D eigenvalue weighted by Gasteiger charge is -2.46. The van der Waals surface area contributed by atoms with Crippen LogP contribution in [0.1, 0.15) is 0 Å². The zero-order valence-electron chi connectivity index (χ0n) is 12.7. The minimum Gasteiger partial charge on any atom is -0.334 e. The third kappa shape index (κ3) is 2.13. The Kier molecular flexibility index (Phi) is 3.31. The highest BCUT2D eigenvalue weighted by Gasteiger charge is 2.72. The van der Waals surface area contributed by atoms with Crippen molar-refractivity contribution >= 4 is 30.1 Å². The summed E-state index contributed by atoms with van der Waals surface area (Å²) in [6.07, 6.45) is -5.14. The summed E-state index contributed by atoms with van der Waals surface area (Å²) in [5, 5.41) is 0. The second kappa shape index (κ2) is 4.66. The van der Waals surface area contributed by atoms with Gasteiger partial charge in [0.25, 0.3) is 0 Å². The van der Waals surface area contributed by atoms with Crippen LogP contribution in [0.2, 0.25) is 0 Å². The summed E-state index contributed by atoms with van der Waals surface area (Å²) < 4.78 is 92.2. The maximum atomic E-state index is 12.3. The van der Waals surface area contributed by atoms with Gasteiger partial charge >= 0.3 is 0 Å². The van der Waals surface area contributed by atoms with E-state index in [1.165, 1.54) is 0 Å². The first kappa shape index (κ1) is 17.0. The molecule has 0 N–H and O–H groups in total. The van der Waals surface area contributed by atoms with Gasteiger partial charge in [0.15, 0.2) is 24.9 Å². The third-order valence-corrected chi connectivity index (χ3v) is 7.79. The Balaban J connectivity index is 1.98. The Labute approximate surface area is 139 Å². The zero-order chi connectivity index (χ0) is 17.8. The van der Waals surface area contributed by atoms with Crippen molar-refractivity contribution in [3.8, 4) is 0 Å². The summed E-state index contributed by atoms with van der Waals surface area (Å²) in [7, 11) is -11.8. The minimum atomic E-state index is -3.96. The standard InChI is InChI=1S/C9H15N3O9S3/c1-22(13,14)10-4-5-12(24(3,17)18)7-6(10)20-9(21-7)8(19-5)11(4)23(2,15)16/h4-9H,1-3H3. The van der Waals surface area contributed by atoms with Gasteiger partial charge in [-0.25, -0.2) is 25.3 Å². The number of hydrogen-bond donors (Lipinski definition) is 0. The molecule has 0 radical (unpaired) electrons. The zero-order valence-corrected chi connectivity index (χ0v) is 15.2. The first-order chi connectivity index (χ1) is 10.8. The number of nitrogens with zero attached hydrogens (tertiary/aromatic N) is 3. The van der Waals surface area contributed by atoms with Crippen LogP contribution in [0.3, 0.4) is 0 Å². The molecule has 6 unspecified atom stereocenters. The Morgan fingerprint density at radius 3 is 1.46 bits per heavy atom. The van der Waals surface area contributed by atoms with E-state index in [4.69, 9.17) is 14.2 Å². The summed E-state index contributed by atoms with van der Waals surface area (Å²) in [6.45, 7) is 0. The molecule has 0 amide bonds. The molecule has 0 aromatic heterocycles. The molecule has 15 heteroatoms. The molecule has 0 saturated carbocycles. The molecule has 5 heterocycles. The summed E-state index contributed by atoms with van der Waals surface area (Å²) in [6, 6.07) is 0. The largest absolute Gasteiger partial charge is 0.334 e. The number of ether oxygens (including phenoxy) is 3. The number of sulfonamides is 3. The normalized spacial score (nSPS) is 43.6. The molecule has 12 nitrogen and oxygen atoms in total. The van der Waals surface area contributed by atoms with Crippen LogP contribution in [0, 0.1) is 0 Å². The molecule has 6 bridgehead atoms. The molecular weight excluding hydrogens is 390 g/mol. The van der Waals surface area contributed by atoms with E-state index in [-0.39, 0.29) is 0 Å².